The number of hydrogen-bond acceptors (Lipinski definition) is 3. The van der Waals surface area contributed by atoms with Crippen molar-refractivity contribution in [3.05, 3.63) is 65.7 Å². The predicted molar refractivity (Wildman–Crippen MR) is 84.8 cm³/mol. The van der Waals surface area contributed by atoms with Gasteiger partial charge in [-0.1, -0.05) is 42.5 Å². The van der Waals surface area contributed by atoms with Gasteiger partial charge in [0.25, 0.3) is 0 Å². The molecule has 2 atom stereocenters. The van der Waals surface area contributed by atoms with Crippen molar-refractivity contribution >= 4 is 19.4 Å². The van der Waals surface area contributed by atoms with E-state index in [2.05, 4.69) is 5.32 Å². The van der Waals surface area contributed by atoms with E-state index in [4.69, 9.17) is 9.63 Å². The molecular weight excluding hydrogens is 301 g/mol. The van der Waals surface area contributed by atoms with E-state index in [0.29, 0.717) is 11.9 Å². The van der Waals surface area contributed by atoms with E-state index < -0.39 is 20.2 Å². The Kier molecular flexibility index (Phi) is 5.64. The smallest absolute Gasteiger partial charge is 0.465 e. The van der Waals surface area contributed by atoms with Crippen LogP contribution in [0.4, 0.5) is 4.79 Å². The van der Waals surface area contributed by atoms with Gasteiger partial charge in [0, 0.05) is 0 Å². The molecular formula is C16H17NO4P+. The van der Waals surface area contributed by atoms with Crippen LogP contribution < -0.4 is 10.6 Å². The molecule has 2 aromatic carbocycles. The predicted octanol–water partition coefficient (Wildman–Crippen LogP) is 3.45. The van der Waals surface area contributed by atoms with Crippen LogP contribution in [0, 0.1) is 0 Å². The van der Waals surface area contributed by atoms with Crippen molar-refractivity contribution in [1.29, 1.82) is 0 Å². The Morgan fingerprint density at radius 1 is 1.14 bits per heavy atom. The van der Waals surface area contributed by atoms with Gasteiger partial charge in [-0.15, -0.1) is 4.52 Å². The van der Waals surface area contributed by atoms with Gasteiger partial charge in [-0.3, -0.25) is 0 Å². The monoisotopic (exact) mass is 318 g/mol. The zero-order valence-electron chi connectivity index (χ0n) is 12.1. The molecule has 114 valence electrons. The molecule has 0 aromatic heterocycles. The van der Waals surface area contributed by atoms with Gasteiger partial charge in [0.2, 0.25) is 5.30 Å². The molecule has 2 N–H and O–H groups in total. The fraction of sp³-hybridized carbons (Fsp3) is 0.188. The van der Waals surface area contributed by atoms with Crippen molar-refractivity contribution in [3.8, 4) is 0 Å². The Hall–Kier alpha value is -2.23. The molecule has 0 saturated heterocycles. The second-order valence-electron chi connectivity index (χ2n) is 4.56. The first-order chi connectivity index (χ1) is 10.6. The molecule has 0 heterocycles. The minimum absolute atomic E-state index is 0.379. The Balaban J connectivity index is 2.28. The molecule has 0 saturated carbocycles. The number of nitrogens with one attached hydrogen (secondary N) is 1. The average Bonchev–Trinajstić information content (AvgIpc) is 2.54. The van der Waals surface area contributed by atoms with Crippen LogP contribution in [0.2, 0.25) is 0 Å². The van der Waals surface area contributed by atoms with Gasteiger partial charge < -0.3 is 10.4 Å². The first-order valence-electron chi connectivity index (χ1n) is 6.86. The van der Waals surface area contributed by atoms with Gasteiger partial charge in [0.05, 0.1) is 6.04 Å². The molecule has 0 radical (unpaired) electrons. The van der Waals surface area contributed by atoms with Crippen LogP contribution in [0.5, 0.6) is 0 Å². The summed E-state index contributed by atoms with van der Waals surface area (Å²) >= 11 is 0. The highest BCUT2D eigenvalue weighted by atomic mass is 31.1. The Bertz CT molecular complexity index is 643. The van der Waals surface area contributed by atoms with E-state index in [1.54, 1.807) is 31.2 Å². The number of rotatable bonds is 6. The van der Waals surface area contributed by atoms with Crippen molar-refractivity contribution < 1.29 is 19.0 Å². The fourth-order valence-corrected chi connectivity index (χ4v) is 2.88. The quantitative estimate of drug-likeness (QED) is 0.800. The molecule has 6 heteroatoms. The molecule has 0 aliphatic carbocycles. The second-order valence-corrected chi connectivity index (χ2v) is 5.85. The summed E-state index contributed by atoms with van der Waals surface area (Å²) in [5.74, 6) is 0. The van der Waals surface area contributed by atoms with Gasteiger partial charge in [0.1, 0.15) is 6.61 Å². The molecule has 2 rings (SSSR count). The first-order valence-corrected chi connectivity index (χ1v) is 8.04. The van der Waals surface area contributed by atoms with E-state index in [9.17, 15) is 9.36 Å². The van der Waals surface area contributed by atoms with Crippen LogP contribution >= 0.6 is 8.03 Å². The molecule has 5 nitrogen and oxygen atoms in total. The van der Waals surface area contributed by atoms with Crippen molar-refractivity contribution in [1.82, 2.24) is 5.32 Å². The fourth-order valence-electron chi connectivity index (χ4n) is 2.11. The van der Waals surface area contributed by atoms with Gasteiger partial charge in [-0.2, -0.15) is 0 Å². The Morgan fingerprint density at radius 3 is 2.27 bits per heavy atom. The van der Waals surface area contributed by atoms with E-state index in [1.165, 1.54) is 0 Å². The summed E-state index contributed by atoms with van der Waals surface area (Å²) in [5, 5.41) is 12.1. The minimum atomic E-state index is -1.87. The standard InChI is InChI=1S/C16H16NO4P/c1-2-21-22(20)14-10-8-13(9-11-14)15(17-16(18)19)12-6-4-3-5-7-12/h3-11,15,17H,2H2,1H3/p+1. The van der Waals surface area contributed by atoms with Crippen LogP contribution in [0.3, 0.4) is 0 Å². The summed E-state index contributed by atoms with van der Waals surface area (Å²) in [6.45, 7) is 2.16. The van der Waals surface area contributed by atoms with E-state index in [-0.39, 0.29) is 0 Å². The highest BCUT2D eigenvalue weighted by molar-refractivity contribution is 7.48. The number of amides is 1. The van der Waals surface area contributed by atoms with Crippen LogP contribution in [-0.4, -0.2) is 17.8 Å². The number of carboxylic acid groups (broad SMARTS) is 1. The van der Waals surface area contributed by atoms with Crippen molar-refractivity contribution in [3.63, 3.8) is 0 Å². The van der Waals surface area contributed by atoms with Crippen molar-refractivity contribution in [2.24, 2.45) is 0 Å². The molecule has 2 aromatic rings. The molecule has 22 heavy (non-hydrogen) atoms. The normalized spacial score (nSPS) is 12.5. The average molecular weight is 318 g/mol. The summed E-state index contributed by atoms with van der Waals surface area (Å²) in [6.07, 6.45) is -1.10. The van der Waals surface area contributed by atoms with E-state index in [1.807, 2.05) is 30.3 Å². The molecule has 2 unspecified atom stereocenters. The Morgan fingerprint density at radius 2 is 1.73 bits per heavy atom. The molecule has 0 aliphatic rings. The zero-order valence-corrected chi connectivity index (χ0v) is 13.0. The highest BCUT2D eigenvalue weighted by Gasteiger charge is 2.22. The summed E-state index contributed by atoms with van der Waals surface area (Å²) in [7, 11) is -1.87. The lowest BCUT2D eigenvalue weighted by molar-refractivity contribution is 0.191. The van der Waals surface area contributed by atoms with Gasteiger partial charge in [0.15, 0.2) is 0 Å². The van der Waals surface area contributed by atoms with E-state index >= 15 is 0 Å². The molecule has 1 amide bonds. The maximum atomic E-state index is 11.8. The first kappa shape index (κ1) is 16.1. The SMILES string of the molecule is CCO[P+](=O)c1ccc(C(NC(=O)O)c2ccccc2)cc1. The van der Waals surface area contributed by atoms with Gasteiger partial charge in [-0.25, -0.2) is 4.79 Å². The largest absolute Gasteiger partial charge is 0.548 e. The van der Waals surface area contributed by atoms with Gasteiger partial charge >= 0.3 is 14.1 Å². The summed E-state index contributed by atoms with van der Waals surface area (Å²) in [5.41, 5.74) is 1.61. The molecule has 0 spiro atoms. The summed E-state index contributed by atoms with van der Waals surface area (Å²) in [4.78, 5) is 11.0. The number of benzene rings is 2. The van der Waals surface area contributed by atoms with E-state index in [0.717, 1.165) is 11.1 Å². The van der Waals surface area contributed by atoms with Crippen LogP contribution in [-0.2, 0) is 9.09 Å². The second kappa shape index (κ2) is 7.69. The van der Waals surface area contributed by atoms with Crippen molar-refractivity contribution in [2.45, 2.75) is 13.0 Å². The van der Waals surface area contributed by atoms with Crippen LogP contribution in [0.25, 0.3) is 0 Å². The third-order valence-corrected chi connectivity index (χ3v) is 4.30. The van der Waals surface area contributed by atoms with Crippen molar-refractivity contribution in [2.75, 3.05) is 6.61 Å². The molecule has 0 bridgehead atoms. The summed E-state index contributed by atoms with van der Waals surface area (Å²) < 4.78 is 16.9. The lowest BCUT2D eigenvalue weighted by atomic mass is 9.99. The lowest BCUT2D eigenvalue weighted by Gasteiger charge is -2.17. The Labute approximate surface area is 129 Å². The number of hydrogen-bond donors (Lipinski definition) is 2. The van der Waals surface area contributed by atoms with Gasteiger partial charge in [-0.05, 0) is 34.7 Å². The molecule has 0 aliphatic heterocycles. The third kappa shape index (κ3) is 4.13. The maximum absolute atomic E-state index is 11.8. The minimum Gasteiger partial charge on any atom is -0.465 e. The highest BCUT2D eigenvalue weighted by Crippen LogP contribution is 2.25. The maximum Gasteiger partial charge on any atom is 0.548 e. The lowest BCUT2D eigenvalue weighted by Crippen LogP contribution is -2.27. The third-order valence-electron chi connectivity index (χ3n) is 3.08. The summed E-state index contributed by atoms with van der Waals surface area (Å²) in [6, 6.07) is 15.7. The molecule has 0 fully saturated rings. The zero-order chi connectivity index (χ0) is 15.9. The van der Waals surface area contributed by atoms with Crippen LogP contribution in [0.1, 0.15) is 24.1 Å². The number of carbonyl (C=O) groups is 1. The topological polar surface area (TPSA) is 75.6 Å². The van der Waals surface area contributed by atoms with Crippen LogP contribution in [0.15, 0.2) is 54.6 Å².